The highest BCUT2D eigenvalue weighted by molar-refractivity contribution is 5.71. The van der Waals surface area contributed by atoms with E-state index in [0.29, 0.717) is 0 Å². The molecule has 13 heavy (non-hydrogen) atoms. The van der Waals surface area contributed by atoms with Gasteiger partial charge in [-0.25, -0.2) is 0 Å². The van der Waals surface area contributed by atoms with Crippen LogP contribution in [-0.4, -0.2) is 18.6 Å². The van der Waals surface area contributed by atoms with Crippen LogP contribution in [0.4, 0.5) is 0 Å². The summed E-state index contributed by atoms with van der Waals surface area (Å²) < 4.78 is 5.21. The summed E-state index contributed by atoms with van der Waals surface area (Å²) in [7, 11) is 0. The van der Waals surface area contributed by atoms with Crippen LogP contribution in [0.1, 0.15) is 39.0 Å². The van der Waals surface area contributed by atoms with Gasteiger partial charge in [0.1, 0.15) is 6.10 Å². The van der Waals surface area contributed by atoms with E-state index < -0.39 is 0 Å². The number of hydrogen-bond donors (Lipinski definition) is 1. The molecule has 3 heteroatoms. The molecule has 0 spiro atoms. The molecule has 0 aliphatic heterocycles. The number of hydrogen-bond acceptors (Lipinski definition) is 3. The third-order valence-corrected chi connectivity index (χ3v) is 2.78. The Kier molecular flexibility index (Phi) is 4.22. The first-order chi connectivity index (χ1) is 6.26. The fourth-order valence-electron chi connectivity index (χ4n) is 1.95. The third-order valence-electron chi connectivity index (χ3n) is 2.78. The summed E-state index contributed by atoms with van der Waals surface area (Å²) in [5.74, 6) is 0.478. The first-order valence-electron chi connectivity index (χ1n) is 5.15. The zero-order valence-electron chi connectivity index (χ0n) is 8.29. The maximum absolute atomic E-state index is 10.9. The van der Waals surface area contributed by atoms with E-state index in [1.165, 1.54) is 19.3 Å². The molecule has 0 aromatic heterocycles. The number of ether oxygens (including phenoxy) is 1. The second kappa shape index (κ2) is 5.22. The molecule has 1 fully saturated rings. The summed E-state index contributed by atoms with van der Waals surface area (Å²) in [6.45, 7) is 2.20. The standard InChI is InChI=1S/C10H19NO2/c1-2-8-4-3-5-9(6-8)13-10(12)7-11/h8-9H,2-7,11H2,1H3. The van der Waals surface area contributed by atoms with Crippen LogP contribution in [0.25, 0.3) is 0 Å². The molecular weight excluding hydrogens is 166 g/mol. The molecular formula is C10H19NO2. The van der Waals surface area contributed by atoms with E-state index in [4.69, 9.17) is 10.5 Å². The summed E-state index contributed by atoms with van der Waals surface area (Å²) in [5, 5.41) is 0. The maximum Gasteiger partial charge on any atom is 0.319 e. The van der Waals surface area contributed by atoms with Gasteiger partial charge in [-0.2, -0.15) is 0 Å². The average Bonchev–Trinajstić information content (AvgIpc) is 2.18. The molecule has 0 amide bonds. The SMILES string of the molecule is CCC1CCCC(OC(=O)CN)C1. The molecule has 0 heterocycles. The molecule has 3 nitrogen and oxygen atoms in total. The predicted molar refractivity (Wildman–Crippen MR) is 51.2 cm³/mol. The topological polar surface area (TPSA) is 52.3 Å². The Balaban J connectivity index is 2.29. The van der Waals surface area contributed by atoms with Crippen molar-refractivity contribution in [1.82, 2.24) is 0 Å². The van der Waals surface area contributed by atoms with E-state index in [0.717, 1.165) is 18.8 Å². The van der Waals surface area contributed by atoms with Gasteiger partial charge in [-0.15, -0.1) is 0 Å². The van der Waals surface area contributed by atoms with Crippen LogP contribution in [0.15, 0.2) is 0 Å². The van der Waals surface area contributed by atoms with Gasteiger partial charge in [0, 0.05) is 0 Å². The Bertz CT molecular complexity index is 170. The average molecular weight is 185 g/mol. The first kappa shape index (κ1) is 10.5. The number of carbonyl (C=O) groups is 1. The fourth-order valence-corrected chi connectivity index (χ4v) is 1.95. The third kappa shape index (κ3) is 3.35. The Morgan fingerprint density at radius 1 is 1.54 bits per heavy atom. The van der Waals surface area contributed by atoms with Gasteiger partial charge >= 0.3 is 5.97 Å². The lowest BCUT2D eigenvalue weighted by Gasteiger charge is -2.27. The van der Waals surface area contributed by atoms with Gasteiger partial charge in [0.2, 0.25) is 0 Å². The van der Waals surface area contributed by atoms with Crippen LogP contribution in [0.2, 0.25) is 0 Å². The van der Waals surface area contributed by atoms with Gasteiger partial charge in [0.25, 0.3) is 0 Å². The summed E-state index contributed by atoms with van der Waals surface area (Å²) in [6, 6.07) is 0. The summed E-state index contributed by atoms with van der Waals surface area (Å²) in [6.07, 6.45) is 5.84. The van der Waals surface area contributed by atoms with Crippen LogP contribution in [0.3, 0.4) is 0 Å². The van der Waals surface area contributed by atoms with Crippen LogP contribution < -0.4 is 5.73 Å². The lowest BCUT2D eigenvalue weighted by Crippen LogP contribution is -2.28. The highest BCUT2D eigenvalue weighted by Crippen LogP contribution is 2.28. The van der Waals surface area contributed by atoms with Crippen molar-refractivity contribution >= 4 is 5.97 Å². The highest BCUT2D eigenvalue weighted by atomic mass is 16.5. The Morgan fingerprint density at radius 2 is 2.31 bits per heavy atom. The highest BCUT2D eigenvalue weighted by Gasteiger charge is 2.22. The van der Waals surface area contributed by atoms with Gasteiger partial charge in [-0.1, -0.05) is 19.8 Å². The fraction of sp³-hybridized carbons (Fsp3) is 0.900. The molecule has 1 aliphatic carbocycles. The predicted octanol–water partition coefficient (Wildman–Crippen LogP) is 1.46. The van der Waals surface area contributed by atoms with Crippen LogP contribution in [-0.2, 0) is 9.53 Å². The molecule has 0 aromatic rings. The van der Waals surface area contributed by atoms with Crippen molar-refractivity contribution < 1.29 is 9.53 Å². The Labute approximate surface area is 79.6 Å². The minimum atomic E-state index is -0.262. The molecule has 76 valence electrons. The first-order valence-corrected chi connectivity index (χ1v) is 5.15. The normalized spacial score (nSPS) is 28.5. The van der Waals surface area contributed by atoms with Gasteiger partial charge < -0.3 is 10.5 Å². The van der Waals surface area contributed by atoms with Crippen LogP contribution >= 0.6 is 0 Å². The van der Waals surface area contributed by atoms with E-state index in [9.17, 15) is 4.79 Å². The smallest absolute Gasteiger partial charge is 0.319 e. The summed E-state index contributed by atoms with van der Waals surface area (Å²) in [5.41, 5.74) is 5.18. The van der Waals surface area contributed by atoms with E-state index in [-0.39, 0.29) is 18.6 Å². The summed E-state index contributed by atoms with van der Waals surface area (Å²) in [4.78, 5) is 10.9. The largest absolute Gasteiger partial charge is 0.461 e. The molecule has 1 aliphatic rings. The second-order valence-electron chi connectivity index (χ2n) is 3.76. The van der Waals surface area contributed by atoms with E-state index in [2.05, 4.69) is 6.92 Å². The molecule has 0 radical (unpaired) electrons. The molecule has 2 N–H and O–H groups in total. The summed E-state index contributed by atoms with van der Waals surface area (Å²) >= 11 is 0. The van der Waals surface area contributed by atoms with E-state index in [1.807, 2.05) is 0 Å². The van der Waals surface area contributed by atoms with E-state index in [1.54, 1.807) is 0 Å². The second-order valence-corrected chi connectivity index (χ2v) is 3.76. The van der Waals surface area contributed by atoms with Gasteiger partial charge in [-0.3, -0.25) is 4.79 Å². The quantitative estimate of drug-likeness (QED) is 0.677. The lowest BCUT2D eigenvalue weighted by molar-refractivity contribution is -0.149. The van der Waals surface area contributed by atoms with Crippen molar-refractivity contribution in [2.75, 3.05) is 6.54 Å². The molecule has 0 aromatic carbocycles. The van der Waals surface area contributed by atoms with Gasteiger partial charge in [0.15, 0.2) is 0 Å². The van der Waals surface area contributed by atoms with Gasteiger partial charge in [0.05, 0.1) is 6.54 Å². The molecule has 2 atom stereocenters. The van der Waals surface area contributed by atoms with Crippen molar-refractivity contribution in [1.29, 1.82) is 0 Å². The lowest BCUT2D eigenvalue weighted by atomic mass is 9.85. The molecule has 0 bridgehead atoms. The Morgan fingerprint density at radius 3 is 2.92 bits per heavy atom. The zero-order chi connectivity index (χ0) is 9.68. The maximum atomic E-state index is 10.9. The van der Waals surface area contributed by atoms with Crippen molar-refractivity contribution in [3.63, 3.8) is 0 Å². The monoisotopic (exact) mass is 185 g/mol. The minimum absolute atomic E-state index is 0.00723. The number of rotatable bonds is 3. The van der Waals surface area contributed by atoms with E-state index >= 15 is 0 Å². The van der Waals surface area contributed by atoms with Crippen molar-refractivity contribution in [3.05, 3.63) is 0 Å². The minimum Gasteiger partial charge on any atom is -0.461 e. The van der Waals surface area contributed by atoms with Crippen molar-refractivity contribution in [3.8, 4) is 0 Å². The molecule has 0 saturated heterocycles. The van der Waals surface area contributed by atoms with Crippen LogP contribution in [0, 0.1) is 5.92 Å². The molecule has 1 saturated carbocycles. The number of nitrogens with two attached hydrogens (primary N) is 1. The van der Waals surface area contributed by atoms with Crippen molar-refractivity contribution in [2.45, 2.75) is 45.1 Å². The van der Waals surface area contributed by atoms with Crippen LogP contribution in [0.5, 0.6) is 0 Å². The Hall–Kier alpha value is -0.570. The number of carbonyl (C=O) groups excluding carboxylic acids is 1. The molecule has 2 unspecified atom stereocenters. The molecule has 1 rings (SSSR count). The van der Waals surface area contributed by atoms with Gasteiger partial charge in [-0.05, 0) is 25.2 Å². The van der Waals surface area contributed by atoms with Crippen molar-refractivity contribution in [2.24, 2.45) is 11.7 Å². The number of esters is 1. The zero-order valence-corrected chi connectivity index (χ0v) is 8.29.